The Labute approximate surface area is 128 Å². The van der Waals surface area contributed by atoms with Crippen LogP contribution in [-0.4, -0.2) is 29.0 Å². The van der Waals surface area contributed by atoms with Gasteiger partial charge in [0.25, 0.3) is 0 Å². The van der Waals surface area contributed by atoms with Crippen molar-refractivity contribution in [2.45, 2.75) is 26.4 Å². The lowest BCUT2D eigenvalue weighted by Gasteiger charge is -2.20. The largest absolute Gasteiger partial charge is 0.497 e. The van der Waals surface area contributed by atoms with Crippen LogP contribution in [0.1, 0.15) is 20.8 Å². The minimum Gasteiger partial charge on any atom is -0.497 e. The number of amides is 1. The molecular weight excluding hydrogens is 284 g/mol. The third-order valence-corrected chi connectivity index (χ3v) is 2.80. The van der Waals surface area contributed by atoms with E-state index in [1.165, 1.54) is 6.20 Å². The Bertz CT molecular complexity index is 674. The Balaban J connectivity index is 2.36. The normalized spacial score (nSPS) is 11.1. The molecule has 7 heteroatoms. The molecule has 0 aliphatic heterocycles. The predicted molar refractivity (Wildman–Crippen MR) is 84.8 cm³/mol. The van der Waals surface area contributed by atoms with Crippen LogP contribution >= 0.6 is 0 Å². The molecule has 118 valence electrons. The zero-order chi connectivity index (χ0) is 16.3. The zero-order valence-electron chi connectivity index (χ0n) is 13.1. The first-order chi connectivity index (χ1) is 10.3. The molecule has 0 aliphatic rings. The van der Waals surface area contributed by atoms with E-state index in [9.17, 15) is 4.79 Å². The van der Waals surface area contributed by atoms with Crippen LogP contribution in [0.3, 0.4) is 0 Å². The van der Waals surface area contributed by atoms with Gasteiger partial charge < -0.3 is 15.2 Å². The van der Waals surface area contributed by atoms with Crippen molar-refractivity contribution in [3.05, 3.63) is 24.4 Å². The molecule has 0 aliphatic carbocycles. The van der Waals surface area contributed by atoms with Gasteiger partial charge in [0.05, 0.1) is 30.4 Å². The minimum absolute atomic E-state index is 0.484. The van der Waals surface area contributed by atoms with Crippen LogP contribution in [0.2, 0.25) is 0 Å². The van der Waals surface area contributed by atoms with E-state index in [0.717, 1.165) is 0 Å². The first-order valence-corrected chi connectivity index (χ1v) is 6.77. The molecular formula is C15H20N4O3. The van der Waals surface area contributed by atoms with Crippen LogP contribution in [-0.2, 0) is 4.74 Å². The van der Waals surface area contributed by atoms with Crippen molar-refractivity contribution in [2.24, 2.45) is 0 Å². The molecule has 1 amide bonds. The minimum atomic E-state index is -0.587. The molecule has 22 heavy (non-hydrogen) atoms. The van der Waals surface area contributed by atoms with Crippen LogP contribution in [0.25, 0.3) is 11.3 Å². The molecule has 0 unspecified atom stereocenters. The average molecular weight is 304 g/mol. The third kappa shape index (κ3) is 3.69. The van der Waals surface area contributed by atoms with Crippen LogP contribution in [0.4, 0.5) is 16.2 Å². The second kappa shape index (κ2) is 5.97. The maximum atomic E-state index is 12.0. The molecule has 1 heterocycles. The lowest BCUT2D eigenvalue weighted by Crippen LogP contribution is -2.27. The molecule has 0 atom stereocenters. The summed E-state index contributed by atoms with van der Waals surface area (Å²) in [7, 11) is 1.55. The number of nitrogen functional groups attached to an aromatic ring is 1. The number of carbonyl (C=O) groups excluding carboxylic acids is 1. The van der Waals surface area contributed by atoms with Gasteiger partial charge in [0.15, 0.2) is 0 Å². The van der Waals surface area contributed by atoms with Crippen molar-refractivity contribution < 1.29 is 14.3 Å². The van der Waals surface area contributed by atoms with Crippen molar-refractivity contribution in [3.8, 4) is 17.0 Å². The van der Waals surface area contributed by atoms with E-state index in [1.807, 2.05) is 0 Å². The number of nitrogens with one attached hydrogen (secondary N) is 2. The van der Waals surface area contributed by atoms with Crippen LogP contribution in [0.5, 0.6) is 5.75 Å². The van der Waals surface area contributed by atoms with Crippen molar-refractivity contribution in [1.29, 1.82) is 0 Å². The number of hydrogen-bond acceptors (Lipinski definition) is 5. The molecule has 0 radical (unpaired) electrons. The molecule has 0 bridgehead atoms. The standard InChI is InChI=1S/C15H20N4O3/c1-15(2,3)22-14(20)18-12-7-9(21-4)5-6-10(12)13-11(16)8-17-19-13/h5-8H,16H2,1-4H3,(H,17,19)(H,18,20). The van der Waals surface area contributed by atoms with E-state index in [0.29, 0.717) is 28.4 Å². The summed E-state index contributed by atoms with van der Waals surface area (Å²) in [4.78, 5) is 12.0. The Hall–Kier alpha value is -2.70. The summed E-state index contributed by atoms with van der Waals surface area (Å²) in [5.74, 6) is 0.605. The van der Waals surface area contributed by atoms with E-state index >= 15 is 0 Å². The van der Waals surface area contributed by atoms with Crippen molar-refractivity contribution >= 4 is 17.5 Å². The summed E-state index contributed by atoms with van der Waals surface area (Å²) in [6.45, 7) is 5.39. The van der Waals surface area contributed by atoms with Gasteiger partial charge in [-0.05, 0) is 32.9 Å². The summed E-state index contributed by atoms with van der Waals surface area (Å²) in [5.41, 5.74) is 7.61. The number of H-pyrrole nitrogens is 1. The molecule has 2 rings (SSSR count). The number of carbonyl (C=O) groups is 1. The molecule has 0 fully saturated rings. The number of hydrogen-bond donors (Lipinski definition) is 3. The third-order valence-electron chi connectivity index (χ3n) is 2.80. The van der Waals surface area contributed by atoms with Crippen LogP contribution in [0.15, 0.2) is 24.4 Å². The molecule has 2 aromatic rings. The Kier molecular flexibility index (Phi) is 4.25. The van der Waals surface area contributed by atoms with Crippen molar-refractivity contribution in [2.75, 3.05) is 18.2 Å². The Morgan fingerprint density at radius 3 is 2.64 bits per heavy atom. The molecule has 4 N–H and O–H groups in total. The highest BCUT2D eigenvalue weighted by Gasteiger charge is 2.19. The number of methoxy groups -OCH3 is 1. The van der Waals surface area contributed by atoms with E-state index in [1.54, 1.807) is 46.1 Å². The SMILES string of the molecule is COc1ccc(-c2[nH]ncc2N)c(NC(=O)OC(C)(C)C)c1. The maximum absolute atomic E-state index is 12.0. The summed E-state index contributed by atoms with van der Waals surface area (Å²) in [6.07, 6.45) is 0.955. The lowest BCUT2D eigenvalue weighted by molar-refractivity contribution is 0.0636. The fraction of sp³-hybridized carbons (Fsp3) is 0.333. The highest BCUT2D eigenvalue weighted by molar-refractivity contribution is 5.93. The van der Waals surface area contributed by atoms with Gasteiger partial charge in [0.2, 0.25) is 0 Å². The predicted octanol–water partition coefficient (Wildman–Crippen LogP) is 3.01. The zero-order valence-corrected chi connectivity index (χ0v) is 13.1. The lowest BCUT2D eigenvalue weighted by atomic mass is 10.1. The van der Waals surface area contributed by atoms with Crippen LogP contribution in [0, 0.1) is 0 Å². The molecule has 1 aromatic carbocycles. The number of aromatic amines is 1. The summed E-state index contributed by atoms with van der Waals surface area (Å²) < 4.78 is 10.5. The highest BCUT2D eigenvalue weighted by Crippen LogP contribution is 2.33. The first kappa shape index (κ1) is 15.7. The second-order valence-electron chi connectivity index (χ2n) is 5.74. The van der Waals surface area contributed by atoms with Gasteiger partial charge in [0.1, 0.15) is 11.4 Å². The van der Waals surface area contributed by atoms with Gasteiger partial charge in [-0.25, -0.2) is 4.79 Å². The van der Waals surface area contributed by atoms with E-state index < -0.39 is 11.7 Å². The summed E-state index contributed by atoms with van der Waals surface area (Å²) in [6, 6.07) is 5.25. The monoisotopic (exact) mass is 304 g/mol. The average Bonchev–Trinajstić information content (AvgIpc) is 2.82. The van der Waals surface area contributed by atoms with Gasteiger partial charge in [0, 0.05) is 11.6 Å². The number of aromatic nitrogens is 2. The molecule has 1 aromatic heterocycles. The number of benzene rings is 1. The van der Waals surface area contributed by atoms with Gasteiger partial charge in [-0.1, -0.05) is 0 Å². The van der Waals surface area contributed by atoms with Gasteiger partial charge in [-0.3, -0.25) is 10.4 Å². The Morgan fingerprint density at radius 1 is 1.36 bits per heavy atom. The topological polar surface area (TPSA) is 102 Å². The number of rotatable bonds is 3. The van der Waals surface area contributed by atoms with Crippen molar-refractivity contribution in [3.63, 3.8) is 0 Å². The van der Waals surface area contributed by atoms with E-state index in [2.05, 4.69) is 15.5 Å². The highest BCUT2D eigenvalue weighted by atomic mass is 16.6. The summed E-state index contributed by atoms with van der Waals surface area (Å²) in [5, 5.41) is 9.42. The van der Waals surface area contributed by atoms with Gasteiger partial charge in [-0.2, -0.15) is 5.10 Å². The molecule has 7 nitrogen and oxygen atoms in total. The maximum Gasteiger partial charge on any atom is 0.412 e. The van der Waals surface area contributed by atoms with Crippen LogP contribution < -0.4 is 15.8 Å². The Morgan fingerprint density at radius 2 is 2.09 bits per heavy atom. The first-order valence-electron chi connectivity index (χ1n) is 6.77. The summed E-state index contributed by atoms with van der Waals surface area (Å²) >= 11 is 0. The smallest absolute Gasteiger partial charge is 0.412 e. The fourth-order valence-corrected chi connectivity index (χ4v) is 1.90. The van der Waals surface area contributed by atoms with E-state index in [4.69, 9.17) is 15.2 Å². The van der Waals surface area contributed by atoms with Crippen molar-refractivity contribution in [1.82, 2.24) is 10.2 Å². The number of nitrogens with zero attached hydrogens (tertiary/aromatic N) is 1. The number of nitrogens with two attached hydrogens (primary N) is 1. The second-order valence-corrected chi connectivity index (χ2v) is 5.74. The van der Waals surface area contributed by atoms with E-state index in [-0.39, 0.29) is 0 Å². The molecule has 0 saturated heterocycles. The van der Waals surface area contributed by atoms with Gasteiger partial charge >= 0.3 is 6.09 Å². The van der Waals surface area contributed by atoms with Gasteiger partial charge in [-0.15, -0.1) is 0 Å². The number of ether oxygens (including phenoxy) is 2. The molecule has 0 spiro atoms. The quantitative estimate of drug-likeness (QED) is 0.809. The number of anilines is 2. The molecule has 0 saturated carbocycles. The fourth-order valence-electron chi connectivity index (χ4n) is 1.90.